The molecule has 2 N–H and O–H groups in total. The van der Waals surface area contributed by atoms with Gasteiger partial charge in [-0.15, -0.1) is 0 Å². The van der Waals surface area contributed by atoms with Crippen LogP contribution in [0.15, 0.2) is 36.5 Å². The molecule has 0 saturated heterocycles. The van der Waals surface area contributed by atoms with Gasteiger partial charge in [-0.3, -0.25) is 4.79 Å². The van der Waals surface area contributed by atoms with Crippen molar-refractivity contribution in [3.63, 3.8) is 0 Å². The van der Waals surface area contributed by atoms with Gasteiger partial charge in [0.05, 0.1) is 5.56 Å². The minimum absolute atomic E-state index is 0.194. The molecule has 1 amide bonds. The van der Waals surface area contributed by atoms with Crippen molar-refractivity contribution in [2.45, 2.75) is 33.1 Å². The number of carbonyl (C=O) groups excluding carboxylic acids is 1. The molecular formula is C18H22ClN3O. The van der Waals surface area contributed by atoms with Gasteiger partial charge in [-0.05, 0) is 43.2 Å². The van der Waals surface area contributed by atoms with E-state index in [0.717, 1.165) is 24.3 Å². The van der Waals surface area contributed by atoms with Crippen molar-refractivity contribution in [3.05, 3.63) is 52.7 Å². The van der Waals surface area contributed by atoms with E-state index in [1.54, 1.807) is 18.3 Å². The monoisotopic (exact) mass is 331 g/mol. The highest BCUT2D eigenvalue weighted by molar-refractivity contribution is 6.31. The Hall–Kier alpha value is -2.07. The highest BCUT2D eigenvalue weighted by Crippen LogP contribution is 2.23. The molecule has 0 unspecified atom stereocenters. The van der Waals surface area contributed by atoms with E-state index in [-0.39, 0.29) is 5.91 Å². The van der Waals surface area contributed by atoms with Crippen LogP contribution in [-0.2, 0) is 0 Å². The van der Waals surface area contributed by atoms with Gasteiger partial charge in [0.15, 0.2) is 0 Å². The fraction of sp³-hybridized carbons (Fsp3) is 0.333. The molecule has 1 aromatic carbocycles. The largest absolute Gasteiger partial charge is 0.370 e. The number of rotatable bonds is 7. The van der Waals surface area contributed by atoms with Gasteiger partial charge in [0.2, 0.25) is 0 Å². The third-order valence-corrected chi connectivity index (χ3v) is 4.04. The predicted octanol–water partition coefficient (Wildman–Crippen LogP) is 4.90. The summed E-state index contributed by atoms with van der Waals surface area (Å²) in [6, 6.07) is 9.03. The van der Waals surface area contributed by atoms with Gasteiger partial charge in [0.25, 0.3) is 5.91 Å². The molecule has 1 heterocycles. The van der Waals surface area contributed by atoms with E-state index in [0.29, 0.717) is 16.3 Å². The van der Waals surface area contributed by atoms with Crippen molar-refractivity contribution in [1.82, 2.24) is 4.98 Å². The second kappa shape index (κ2) is 8.53. The topological polar surface area (TPSA) is 54.0 Å². The van der Waals surface area contributed by atoms with E-state index in [1.807, 2.05) is 25.1 Å². The number of nitrogens with zero attached hydrogens (tertiary/aromatic N) is 1. The highest BCUT2D eigenvalue weighted by Gasteiger charge is 2.09. The van der Waals surface area contributed by atoms with Crippen LogP contribution in [0, 0.1) is 6.92 Å². The van der Waals surface area contributed by atoms with Crippen LogP contribution in [0.2, 0.25) is 5.02 Å². The lowest BCUT2D eigenvalue weighted by Gasteiger charge is -2.10. The predicted molar refractivity (Wildman–Crippen MR) is 96.4 cm³/mol. The molecule has 1 aromatic heterocycles. The van der Waals surface area contributed by atoms with Gasteiger partial charge in [-0.25, -0.2) is 4.98 Å². The molecule has 5 heteroatoms. The summed E-state index contributed by atoms with van der Waals surface area (Å²) in [5, 5.41) is 6.75. The van der Waals surface area contributed by atoms with Crippen molar-refractivity contribution in [2.24, 2.45) is 0 Å². The molecule has 0 spiro atoms. The molecular weight excluding hydrogens is 310 g/mol. The fourth-order valence-electron chi connectivity index (χ4n) is 2.16. The number of aromatic nitrogens is 1. The Kier molecular flexibility index (Phi) is 6.41. The zero-order chi connectivity index (χ0) is 16.7. The lowest BCUT2D eigenvalue weighted by molar-refractivity contribution is 0.102. The zero-order valence-electron chi connectivity index (χ0n) is 13.5. The van der Waals surface area contributed by atoms with Crippen LogP contribution >= 0.6 is 11.6 Å². The Balaban J connectivity index is 1.96. The van der Waals surface area contributed by atoms with E-state index in [9.17, 15) is 4.79 Å². The van der Waals surface area contributed by atoms with Crippen molar-refractivity contribution < 1.29 is 4.79 Å². The van der Waals surface area contributed by atoms with E-state index in [1.165, 1.54) is 12.8 Å². The number of nitrogens with one attached hydrogen (secondary N) is 2. The fourth-order valence-corrected chi connectivity index (χ4v) is 2.34. The second-order valence-electron chi connectivity index (χ2n) is 5.43. The van der Waals surface area contributed by atoms with E-state index >= 15 is 0 Å². The van der Waals surface area contributed by atoms with Crippen LogP contribution in [0.3, 0.4) is 0 Å². The molecule has 0 fully saturated rings. The van der Waals surface area contributed by atoms with Crippen LogP contribution in [0.4, 0.5) is 11.5 Å². The number of unbranched alkanes of at least 4 members (excludes halogenated alkanes) is 2. The van der Waals surface area contributed by atoms with Gasteiger partial charge in [0.1, 0.15) is 5.82 Å². The molecule has 0 aliphatic rings. The minimum Gasteiger partial charge on any atom is -0.370 e. The molecule has 2 aromatic rings. The normalized spacial score (nSPS) is 10.4. The highest BCUT2D eigenvalue weighted by atomic mass is 35.5. The number of carbonyl (C=O) groups is 1. The number of hydrogen-bond donors (Lipinski definition) is 2. The molecule has 0 aliphatic carbocycles. The van der Waals surface area contributed by atoms with Crippen LogP contribution in [-0.4, -0.2) is 17.4 Å². The summed E-state index contributed by atoms with van der Waals surface area (Å²) in [7, 11) is 0. The first-order chi connectivity index (χ1) is 11.1. The Labute approximate surface area is 142 Å². The molecule has 4 nitrogen and oxygen atoms in total. The summed E-state index contributed by atoms with van der Waals surface area (Å²) in [6.45, 7) is 4.95. The first kappa shape index (κ1) is 17.3. The zero-order valence-corrected chi connectivity index (χ0v) is 14.3. The maximum atomic E-state index is 12.3. The van der Waals surface area contributed by atoms with Gasteiger partial charge in [0, 0.05) is 23.5 Å². The molecule has 0 aliphatic heterocycles. The SMILES string of the molecule is CCCCCNc1ccc(C(=O)Nc2cccc(Cl)c2C)cn1. The molecule has 122 valence electrons. The average molecular weight is 332 g/mol. The van der Waals surface area contributed by atoms with Gasteiger partial charge in [-0.2, -0.15) is 0 Å². The van der Waals surface area contributed by atoms with E-state index < -0.39 is 0 Å². The third-order valence-electron chi connectivity index (χ3n) is 3.63. The first-order valence-corrected chi connectivity index (χ1v) is 8.26. The van der Waals surface area contributed by atoms with Gasteiger partial charge >= 0.3 is 0 Å². The Morgan fingerprint density at radius 3 is 2.74 bits per heavy atom. The molecule has 0 atom stereocenters. The summed E-state index contributed by atoms with van der Waals surface area (Å²) in [5.41, 5.74) is 2.08. The Bertz CT molecular complexity index is 656. The number of halogens is 1. The maximum Gasteiger partial charge on any atom is 0.257 e. The first-order valence-electron chi connectivity index (χ1n) is 7.88. The molecule has 0 radical (unpaired) electrons. The van der Waals surface area contributed by atoms with Crippen LogP contribution in [0.25, 0.3) is 0 Å². The van der Waals surface area contributed by atoms with Crippen molar-refractivity contribution in [1.29, 1.82) is 0 Å². The van der Waals surface area contributed by atoms with E-state index in [2.05, 4.69) is 22.5 Å². The third kappa shape index (κ3) is 4.96. The smallest absolute Gasteiger partial charge is 0.257 e. The maximum absolute atomic E-state index is 12.3. The summed E-state index contributed by atoms with van der Waals surface area (Å²) < 4.78 is 0. The molecule has 0 saturated carbocycles. The number of hydrogen-bond acceptors (Lipinski definition) is 3. The summed E-state index contributed by atoms with van der Waals surface area (Å²) in [4.78, 5) is 16.6. The Morgan fingerprint density at radius 1 is 1.22 bits per heavy atom. The lowest BCUT2D eigenvalue weighted by atomic mass is 10.2. The second-order valence-corrected chi connectivity index (χ2v) is 5.84. The van der Waals surface area contributed by atoms with Crippen LogP contribution in [0.5, 0.6) is 0 Å². The minimum atomic E-state index is -0.194. The van der Waals surface area contributed by atoms with Crippen molar-refractivity contribution >= 4 is 29.0 Å². The van der Waals surface area contributed by atoms with Crippen molar-refractivity contribution in [2.75, 3.05) is 17.2 Å². The Morgan fingerprint density at radius 2 is 2.04 bits per heavy atom. The number of amides is 1. The average Bonchev–Trinajstić information content (AvgIpc) is 2.56. The van der Waals surface area contributed by atoms with E-state index in [4.69, 9.17) is 11.6 Å². The van der Waals surface area contributed by atoms with Crippen molar-refractivity contribution in [3.8, 4) is 0 Å². The van der Waals surface area contributed by atoms with Gasteiger partial charge in [-0.1, -0.05) is 37.4 Å². The molecule has 23 heavy (non-hydrogen) atoms. The molecule has 2 rings (SSSR count). The quantitative estimate of drug-likeness (QED) is 0.710. The number of benzene rings is 1. The molecule has 0 bridgehead atoms. The summed E-state index contributed by atoms with van der Waals surface area (Å²) >= 11 is 6.06. The summed E-state index contributed by atoms with van der Waals surface area (Å²) in [6.07, 6.45) is 5.09. The summed E-state index contributed by atoms with van der Waals surface area (Å²) in [5.74, 6) is 0.594. The van der Waals surface area contributed by atoms with Gasteiger partial charge < -0.3 is 10.6 Å². The standard InChI is InChI=1S/C18H22ClN3O/c1-3-4-5-11-20-17-10-9-14(12-21-17)18(23)22-16-8-6-7-15(19)13(16)2/h6-10,12H,3-5,11H2,1-2H3,(H,20,21)(H,22,23). The van der Waals surface area contributed by atoms with Crippen LogP contribution in [0.1, 0.15) is 42.1 Å². The van der Waals surface area contributed by atoms with Crippen LogP contribution < -0.4 is 10.6 Å². The number of pyridine rings is 1. The lowest BCUT2D eigenvalue weighted by Crippen LogP contribution is -2.13. The number of anilines is 2.